The topological polar surface area (TPSA) is 47.4 Å². The average molecular weight is 327 g/mol. The Hall–Kier alpha value is -2.14. The summed E-state index contributed by atoms with van der Waals surface area (Å²) in [5, 5.41) is 0. The van der Waals surface area contributed by atoms with Gasteiger partial charge in [-0.2, -0.15) is 0 Å². The molecule has 0 radical (unpaired) electrons. The van der Waals surface area contributed by atoms with Crippen molar-refractivity contribution in [3.05, 3.63) is 54.1 Å². The molecule has 1 aliphatic rings. The lowest BCUT2D eigenvalue weighted by atomic mass is 10.1. The minimum absolute atomic E-state index is 0.0885. The van der Waals surface area contributed by atoms with E-state index in [4.69, 9.17) is 4.74 Å². The highest BCUT2D eigenvalue weighted by atomic mass is 16.5. The fourth-order valence-corrected chi connectivity index (χ4v) is 3.27. The van der Waals surface area contributed by atoms with Gasteiger partial charge < -0.3 is 14.2 Å². The third-order valence-electron chi connectivity index (χ3n) is 4.61. The zero-order chi connectivity index (χ0) is 16.8. The van der Waals surface area contributed by atoms with E-state index in [1.54, 1.807) is 0 Å². The second-order valence-corrected chi connectivity index (χ2v) is 6.31. The molecule has 1 unspecified atom stereocenters. The monoisotopic (exact) mass is 327 g/mol. The SMILES string of the molecule is Cc1nccn1C1CCCN(C(=O)COCCc2ccccc2)C1. The molecule has 5 heteroatoms. The largest absolute Gasteiger partial charge is 0.371 e. The summed E-state index contributed by atoms with van der Waals surface area (Å²) in [6.45, 7) is 4.33. The van der Waals surface area contributed by atoms with Crippen molar-refractivity contribution in [1.29, 1.82) is 0 Å². The lowest BCUT2D eigenvalue weighted by Crippen LogP contribution is -2.42. The van der Waals surface area contributed by atoms with Crippen LogP contribution in [-0.4, -0.2) is 46.7 Å². The fraction of sp³-hybridized carbons (Fsp3) is 0.474. The molecule has 128 valence electrons. The number of benzene rings is 1. The van der Waals surface area contributed by atoms with Gasteiger partial charge in [-0.3, -0.25) is 4.79 Å². The maximum absolute atomic E-state index is 12.4. The Bertz CT molecular complexity index is 654. The van der Waals surface area contributed by atoms with Crippen molar-refractivity contribution in [3.63, 3.8) is 0 Å². The van der Waals surface area contributed by atoms with Crippen LogP contribution in [0, 0.1) is 6.92 Å². The van der Waals surface area contributed by atoms with E-state index in [1.165, 1.54) is 5.56 Å². The van der Waals surface area contributed by atoms with Gasteiger partial charge in [0, 0.05) is 25.5 Å². The number of aryl methyl sites for hydroxylation is 1. The standard InChI is InChI=1S/C19H25N3O2/c1-16-20-10-12-22(16)18-8-5-11-21(14-18)19(23)15-24-13-9-17-6-3-2-4-7-17/h2-4,6-7,10,12,18H,5,8-9,11,13-15H2,1H3. The van der Waals surface area contributed by atoms with Gasteiger partial charge >= 0.3 is 0 Å². The minimum atomic E-state index is 0.0885. The minimum Gasteiger partial charge on any atom is -0.371 e. The second kappa shape index (κ2) is 8.11. The molecule has 1 saturated heterocycles. The first-order chi connectivity index (χ1) is 11.7. The number of likely N-dealkylation sites (tertiary alicyclic amines) is 1. The van der Waals surface area contributed by atoms with E-state index in [0.717, 1.165) is 38.2 Å². The quantitative estimate of drug-likeness (QED) is 0.766. The smallest absolute Gasteiger partial charge is 0.248 e. The van der Waals surface area contributed by atoms with Crippen molar-refractivity contribution in [2.75, 3.05) is 26.3 Å². The summed E-state index contributed by atoms with van der Waals surface area (Å²) in [7, 11) is 0. The number of hydrogen-bond donors (Lipinski definition) is 0. The first kappa shape index (κ1) is 16.7. The van der Waals surface area contributed by atoms with Crippen molar-refractivity contribution >= 4 is 5.91 Å². The molecule has 0 saturated carbocycles. The molecule has 1 fully saturated rings. The number of carbonyl (C=O) groups excluding carboxylic acids is 1. The molecule has 0 N–H and O–H groups in total. The molecule has 5 nitrogen and oxygen atoms in total. The molecule has 0 aliphatic carbocycles. The maximum Gasteiger partial charge on any atom is 0.248 e. The predicted octanol–water partition coefficient (Wildman–Crippen LogP) is 2.61. The van der Waals surface area contributed by atoms with Gasteiger partial charge in [-0.1, -0.05) is 30.3 Å². The van der Waals surface area contributed by atoms with Crippen molar-refractivity contribution in [1.82, 2.24) is 14.5 Å². The van der Waals surface area contributed by atoms with Crippen molar-refractivity contribution in [2.45, 2.75) is 32.2 Å². The van der Waals surface area contributed by atoms with Crippen molar-refractivity contribution in [3.8, 4) is 0 Å². The molecular formula is C19H25N3O2. The van der Waals surface area contributed by atoms with Gasteiger partial charge in [0.15, 0.2) is 0 Å². The lowest BCUT2D eigenvalue weighted by molar-refractivity contribution is -0.137. The summed E-state index contributed by atoms with van der Waals surface area (Å²) in [4.78, 5) is 18.6. The van der Waals surface area contributed by atoms with Crippen LogP contribution in [-0.2, 0) is 16.0 Å². The molecule has 1 atom stereocenters. The lowest BCUT2D eigenvalue weighted by Gasteiger charge is -2.33. The Morgan fingerprint density at radius 3 is 2.92 bits per heavy atom. The van der Waals surface area contributed by atoms with Crippen molar-refractivity contribution in [2.24, 2.45) is 0 Å². The summed E-state index contributed by atoms with van der Waals surface area (Å²) in [6, 6.07) is 10.5. The Morgan fingerprint density at radius 2 is 2.17 bits per heavy atom. The number of rotatable bonds is 6. The van der Waals surface area contributed by atoms with E-state index in [9.17, 15) is 4.79 Å². The Kier molecular flexibility index (Phi) is 5.64. The molecule has 1 aliphatic heterocycles. The van der Waals surface area contributed by atoms with Crippen LogP contribution in [0.25, 0.3) is 0 Å². The highest BCUT2D eigenvalue weighted by molar-refractivity contribution is 5.77. The number of amides is 1. The molecule has 24 heavy (non-hydrogen) atoms. The third-order valence-corrected chi connectivity index (χ3v) is 4.61. The van der Waals surface area contributed by atoms with Crippen LogP contribution in [0.4, 0.5) is 0 Å². The Labute approximate surface area is 143 Å². The Morgan fingerprint density at radius 1 is 1.33 bits per heavy atom. The molecule has 2 heterocycles. The van der Waals surface area contributed by atoms with E-state index < -0.39 is 0 Å². The summed E-state index contributed by atoms with van der Waals surface area (Å²) in [6.07, 6.45) is 6.78. The van der Waals surface area contributed by atoms with E-state index in [1.807, 2.05) is 42.4 Å². The van der Waals surface area contributed by atoms with Gasteiger partial charge in [0.05, 0.1) is 12.6 Å². The van der Waals surface area contributed by atoms with Crippen LogP contribution in [0.1, 0.15) is 30.3 Å². The van der Waals surface area contributed by atoms with E-state index in [2.05, 4.69) is 21.7 Å². The highest BCUT2D eigenvalue weighted by Crippen LogP contribution is 2.22. The van der Waals surface area contributed by atoms with Crippen LogP contribution >= 0.6 is 0 Å². The third kappa shape index (κ3) is 4.23. The number of ether oxygens (including phenoxy) is 1. The number of aromatic nitrogens is 2. The van der Waals surface area contributed by atoms with Crippen LogP contribution < -0.4 is 0 Å². The second-order valence-electron chi connectivity index (χ2n) is 6.31. The Balaban J connectivity index is 1.44. The molecular weight excluding hydrogens is 302 g/mol. The number of carbonyl (C=O) groups is 1. The number of hydrogen-bond acceptors (Lipinski definition) is 3. The van der Waals surface area contributed by atoms with E-state index >= 15 is 0 Å². The zero-order valence-electron chi connectivity index (χ0n) is 14.2. The number of nitrogens with zero attached hydrogens (tertiary/aromatic N) is 3. The first-order valence-electron chi connectivity index (χ1n) is 8.63. The van der Waals surface area contributed by atoms with Gasteiger partial charge in [-0.05, 0) is 31.7 Å². The molecule has 1 aromatic carbocycles. The van der Waals surface area contributed by atoms with Crippen LogP contribution in [0.2, 0.25) is 0 Å². The molecule has 2 aromatic rings. The summed E-state index contributed by atoms with van der Waals surface area (Å²) >= 11 is 0. The first-order valence-corrected chi connectivity index (χ1v) is 8.63. The van der Waals surface area contributed by atoms with Gasteiger partial charge in [-0.15, -0.1) is 0 Å². The zero-order valence-corrected chi connectivity index (χ0v) is 14.2. The van der Waals surface area contributed by atoms with E-state index in [0.29, 0.717) is 12.6 Å². The van der Waals surface area contributed by atoms with Gasteiger partial charge in [-0.25, -0.2) is 4.98 Å². The van der Waals surface area contributed by atoms with Gasteiger partial charge in [0.25, 0.3) is 0 Å². The average Bonchev–Trinajstić information content (AvgIpc) is 3.05. The van der Waals surface area contributed by atoms with Gasteiger partial charge in [0.1, 0.15) is 12.4 Å². The van der Waals surface area contributed by atoms with E-state index in [-0.39, 0.29) is 12.5 Å². The maximum atomic E-state index is 12.4. The molecule has 0 spiro atoms. The predicted molar refractivity (Wildman–Crippen MR) is 92.8 cm³/mol. The summed E-state index contributed by atoms with van der Waals surface area (Å²) in [5.74, 6) is 1.10. The van der Waals surface area contributed by atoms with Gasteiger partial charge in [0.2, 0.25) is 5.91 Å². The van der Waals surface area contributed by atoms with Crippen molar-refractivity contribution < 1.29 is 9.53 Å². The highest BCUT2D eigenvalue weighted by Gasteiger charge is 2.25. The normalized spacial score (nSPS) is 17.9. The fourth-order valence-electron chi connectivity index (χ4n) is 3.27. The molecule has 1 amide bonds. The van der Waals surface area contributed by atoms with Crippen LogP contribution in [0.5, 0.6) is 0 Å². The summed E-state index contributed by atoms with van der Waals surface area (Å²) < 4.78 is 7.77. The molecule has 0 bridgehead atoms. The molecule has 1 aromatic heterocycles. The number of piperidine rings is 1. The van der Waals surface area contributed by atoms with Crippen LogP contribution in [0.15, 0.2) is 42.7 Å². The summed E-state index contributed by atoms with van der Waals surface area (Å²) in [5.41, 5.74) is 1.23. The molecule has 3 rings (SSSR count). The van der Waals surface area contributed by atoms with Crippen LogP contribution in [0.3, 0.4) is 0 Å². The number of imidazole rings is 1.